The first-order chi connectivity index (χ1) is 12.4. The summed E-state index contributed by atoms with van der Waals surface area (Å²) in [5.41, 5.74) is 0.804. The number of carbonyl (C=O) groups excluding carboxylic acids is 1. The maximum atomic E-state index is 11.6. The van der Waals surface area contributed by atoms with Gasteiger partial charge in [-0.1, -0.05) is 18.2 Å². The highest BCUT2D eigenvalue weighted by Gasteiger charge is 2.23. The van der Waals surface area contributed by atoms with Gasteiger partial charge in [-0.3, -0.25) is 4.79 Å². The Morgan fingerprint density at radius 1 is 0.846 bits per heavy atom. The quantitative estimate of drug-likeness (QED) is 0.676. The molecule has 0 fully saturated rings. The summed E-state index contributed by atoms with van der Waals surface area (Å²) in [4.78, 5) is 23.1. The van der Waals surface area contributed by atoms with Crippen LogP contribution in [0.3, 0.4) is 0 Å². The fourth-order valence-electron chi connectivity index (χ4n) is 2.78. The molecule has 6 heteroatoms. The molecule has 0 radical (unpaired) electrons. The topological polar surface area (TPSA) is 115 Å². The zero-order valence-corrected chi connectivity index (χ0v) is 13.4. The number of phenols is 2. The second-order valence-corrected chi connectivity index (χ2v) is 5.61. The highest BCUT2D eigenvalue weighted by Crippen LogP contribution is 2.38. The summed E-state index contributed by atoms with van der Waals surface area (Å²) in [5.74, 6) is -2.41. The molecule has 3 rings (SSSR count). The lowest BCUT2D eigenvalue weighted by molar-refractivity contribution is -0.110. The third-order valence-corrected chi connectivity index (χ3v) is 3.92. The lowest BCUT2D eigenvalue weighted by Gasteiger charge is -2.18. The van der Waals surface area contributed by atoms with E-state index in [9.17, 15) is 30.0 Å². The van der Waals surface area contributed by atoms with E-state index < -0.39 is 11.8 Å². The molecule has 0 spiro atoms. The average molecular weight is 350 g/mol. The summed E-state index contributed by atoms with van der Waals surface area (Å²) in [5, 5.41) is 39.6. The van der Waals surface area contributed by atoms with Crippen molar-refractivity contribution < 1.29 is 30.0 Å². The smallest absolute Gasteiger partial charge is 0.336 e. The van der Waals surface area contributed by atoms with Gasteiger partial charge in [-0.15, -0.1) is 0 Å². The number of aliphatic hydroxyl groups is 1. The van der Waals surface area contributed by atoms with E-state index in [1.165, 1.54) is 36.4 Å². The number of carboxylic acid groups (broad SMARTS) is 1. The normalized spacial score (nSPS) is 15.5. The van der Waals surface area contributed by atoms with Crippen molar-refractivity contribution in [2.75, 3.05) is 0 Å². The van der Waals surface area contributed by atoms with Crippen molar-refractivity contribution in [1.82, 2.24) is 0 Å². The molecule has 0 atom stereocenters. The predicted octanol–water partition coefficient (Wildman–Crippen LogP) is 3.18. The van der Waals surface area contributed by atoms with Crippen LogP contribution < -0.4 is 0 Å². The van der Waals surface area contributed by atoms with Crippen molar-refractivity contribution in [2.45, 2.75) is 0 Å². The van der Waals surface area contributed by atoms with Crippen molar-refractivity contribution in [3.8, 4) is 11.5 Å². The van der Waals surface area contributed by atoms with Gasteiger partial charge in [-0.2, -0.15) is 0 Å². The van der Waals surface area contributed by atoms with E-state index in [4.69, 9.17) is 0 Å². The number of carboxylic acids is 1. The van der Waals surface area contributed by atoms with E-state index in [2.05, 4.69) is 0 Å². The third-order valence-electron chi connectivity index (χ3n) is 3.92. The second kappa shape index (κ2) is 6.60. The van der Waals surface area contributed by atoms with Crippen LogP contribution in [0.5, 0.6) is 11.5 Å². The summed E-state index contributed by atoms with van der Waals surface area (Å²) >= 11 is 0. The summed E-state index contributed by atoms with van der Waals surface area (Å²) in [6, 6.07) is 9.96. The van der Waals surface area contributed by atoms with Gasteiger partial charge in [-0.05, 0) is 35.9 Å². The number of aromatic carboxylic acids is 1. The zero-order valence-electron chi connectivity index (χ0n) is 13.4. The molecule has 0 bridgehead atoms. The van der Waals surface area contributed by atoms with Gasteiger partial charge in [0.25, 0.3) is 0 Å². The molecule has 0 aromatic heterocycles. The molecule has 1 aliphatic carbocycles. The van der Waals surface area contributed by atoms with Crippen molar-refractivity contribution in [2.24, 2.45) is 0 Å². The van der Waals surface area contributed by atoms with E-state index in [1.807, 2.05) is 0 Å². The fraction of sp³-hybridized carbons (Fsp3) is 0. The lowest BCUT2D eigenvalue weighted by atomic mass is 9.87. The van der Waals surface area contributed by atoms with Gasteiger partial charge in [0.15, 0.2) is 5.78 Å². The van der Waals surface area contributed by atoms with Crippen LogP contribution in [0.25, 0.3) is 5.57 Å². The molecule has 26 heavy (non-hydrogen) atoms. The van der Waals surface area contributed by atoms with Gasteiger partial charge < -0.3 is 20.4 Å². The number of allylic oxidation sites excluding steroid dienone is 3. The van der Waals surface area contributed by atoms with Crippen LogP contribution in [0.15, 0.2) is 72.0 Å². The largest absolute Gasteiger partial charge is 0.508 e. The van der Waals surface area contributed by atoms with Gasteiger partial charge in [0.2, 0.25) is 0 Å². The van der Waals surface area contributed by atoms with Crippen LogP contribution in [-0.2, 0) is 4.79 Å². The van der Waals surface area contributed by atoms with Crippen LogP contribution in [0, 0.1) is 0 Å². The lowest BCUT2D eigenvalue weighted by Crippen LogP contribution is -2.07. The van der Waals surface area contributed by atoms with Gasteiger partial charge in [0.1, 0.15) is 17.3 Å². The van der Waals surface area contributed by atoms with E-state index in [1.54, 1.807) is 12.1 Å². The molecule has 2 aromatic carbocycles. The Hall–Kier alpha value is -3.80. The SMILES string of the molecule is O=C1C=CC(=C(c2ccc(O)cc2O)c2ccccc2C(=O)O)C(O)=C1. The number of carbonyl (C=O) groups is 2. The Morgan fingerprint density at radius 3 is 2.15 bits per heavy atom. The first-order valence-electron chi connectivity index (χ1n) is 7.61. The van der Waals surface area contributed by atoms with Crippen LogP contribution >= 0.6 is 0 Å². The Kier molecular flexibility index (Phi) is 4.33. The Bertz CT molecular complexity index is 1010. The third kappa shape index (κ3) is 3.08. The number of phenolic OH excluding ortho intramolecular Hbond substituents is 2. The number of benzene rings is 2. The number of aliphatic hydroxyl groups excluding tert-OH is 1. The molecule has 0 saturated heterocycles. The highest BCUT2D eigenvalue weighted by molar-refractivity contribution is 6.05. The molecule has 0 aliphatic heterocycles. The number of aromatic hydroxyl groups is 2. The summed E-state index contributed by atoms with van der Waals surface area (Å²) < 4.78 is 0. The predicted molar refractivity (Wildman–Crippen MR) is 94.1 cm³/mol. The van der Waals surface area contributed by atoms with Crippen molar-refractivity contribution in [1.29, 1.82) is 0 Å². The van der Waals surface area contributed by atoms with Crippen molar-refractivity contribution >= 4 is 17.3 Å². The van der Waals surface area contributed by atoms with Crippen molar-refractivity contribution in [3.05, 3.63) is 88.7 Å². The molecular weight excluding hydrogens is 336 g/mol. The minimum absolute atomic E-state index is 0.0411. The minimum Gasteiger partial charge on any atom is -0.508 e. The molecule has 0 amide bonds. The molecule has 6 nitrogen and oxygen atoms in total. The van der Waals surface area contributed by atoms with Crippen LogP contribution in [0.2, 0.25) is 0 Å². The van der Waals surface area contributed by atoms with E-state index >= 15 is 0 Å². The average Bonchev–Trinajstić information content (AvgIpc) is 2.59. The first kappa shape index (κ1) is 17.0. The Balaban J connectivity index is 2.39. The number of rotatable bonds is 3. The molecule has 1 aliphatic rings. The molecule has 4 N–H and O–H groups in total. The minimum atomic E-state index is -1.18. The number of hydrogen-bond acceptors (Lipinski definition) is 5. The highest BCUT2D eigenvalue weighted by atomic mass is 16.4. The first-order valence-corrected chi connectivity index (χ1v) is 7.61. The van der Waals surface area contributed by atoms with Gasteiger partial charge in [0.05, 0.1) is 5.56 Å². The molecule has 0 heterocycles. The maximum absolute atomic E-state index is 11.6. The number of hydrogen-bond donors (Lipinski definition) is 4. The zero-order chi connectivity index (χ0) is 18.8. The fourth-order valence-corrected chi connectivity index (χ4v) is 2.78. The van der Waals surface area contributed by atoms with Crippen LogP contribution in [0.4, 0.5) is 0 Å². The molecule has 0 saturated carbocycles. The Labute approximate surface area is 148 Å². The Morgan fingerprint density at radius 2 is 1.54 bits per heavy atom. The van der Waals surface area contributed by atoms with Crippen LogP contribution in [0.1, 0.15) is 21.5 Å². The summed E-state index contributed by atoms with van der Waals surface area (Å²) in [7, 11) is 0. The van der Waals surface area contributed by atoms with Gasteiger partial charge in [-0.25, -0.2) is 4.79 Å². The molecule has 130 valence electrons. The number of ketones is 1. The van der Waals surface area contributed by atoms with E-state index in [0.29, 0.717) is 0 Å². The maximum Gasteiger partial charge on any atom is 0.336 e. The monoisotopic (exact) mass is 350 g/mol. The molecule has 2 aromatic rings. The van der Waals surface area contributed by atoms with Gasteiger partial charge >= 0.3 is 5.97 Å². The van der Waals surface area contributed by atoms with Crippen molar-refractivity contribution in [3.63, 3.8) is 0 Å². The molecular formula is C20H14O6. The van der Waals surface area contributed by atoms with E-state index in [0.717, 1.165) is 12.1 Å². The standard InChI is InChI=1S/C20H14O6/c21-11-5-7-15(17(23)9-11)19(16-8-6-12(22)10-18(16)24)13-3-1-2-4-14(13)20(25)26/h1-10,21,23-24H,(H,25,26). The summed E-state index contributed by atoms with van der Waals surface area (Å²) in [6.07, 6.45) is 3.60. The molecule has 0 unspecified atom stereocenters. The summed E-state index contributed by atoms with van der Waals surface area (Å²) in [6.45, 7) is 0. The van der Waals surface area contributed by atoms with Gasteiger partial charge in [0, 0.05) is 28.9 Å². The van der Waals surface area contributed by atoms with Crippen LogP contribution in [-0.4, -0.2) is 32.2 Å². The second-order valence-electron chi connectivity index (χ2n) is 5.61. The van der Waals surface area contributed by atoms with E-state index in [-0.39, 0.29) is 45.1 Å².